The Morgan fingerprint density at radius 2 is 1.56 bits per heavy atom. The Balaban J connectivity index is 3.10. The van der Waals surface area contributed by atoms with Crippen LogP contribution in [-0.4, -0.2) is 19.4 Å². The van der Waals surface area contributed by atoms with E-state index in [0.29, 0.717) is 0 Å². The Hall–Kier alpha value is -0.870. The maximum atomic E-state index is 11.9. The van der Waals surface area contributed by atoms with Gasteiger partial charge in [0.2, 0.25) is 0 Å². The third-order valence-corrected chi connectivity index (χ3v) is 5.50. The quantitative estimate of drug-likeness (QED) is 0.913. The van der Waals surface area contributed by atoms with Crippen molar-refractivity contribution in [2.75, 3.05) is 5.75 Å². The molecule has 0 fully saturated rings. The Labute approximate surface area is 110 Å². The van der Waals surface area contributed by atoms with E-state index in [9.17, 15) is 8.42 Å². The van der Waals surface area contributed by atoms with E-state index in [4.69, 9.17) is 5.73 Å². The monoisotopic (exact) mass is 269 g/mol. The van der Waals surface area contributed by atoms with Crippen LogP contribution in [0.1, 0.15) is 42.1 Å². The third kappa shape index (κ3) is 3.33. The Morgan fingerprint density at radius 1 is 1.11 bits per heavy atom. The minimum Gasteiger partial charge on any atom is -0.323 e. The van der Waals surface area contributed by atoms with E-state index in [1.807, 2.05) is 32.9 Å². The van der Waals surface area contributed by atoms with Crippen LogP contribution in [0.3, 0.4) is 0 Å². The molecule has 0 aliphatic carbocycles. The zero-order valence-corrected chi connectivity index (χ0v) is 12.6. The van der Waals surface area contributed by atoms with Crippen LogP contribution in [0.5, 0.6) is 0 Å². The predicted octanol–water partition coefficient (Wildman–Crippen LogP) is 2.43. The highest BCUT2D eigenvalue weighted by Gasteiger charge is 2.23. The summed E-state index contributed by atoms with van der Waals surface area (Å²) < 4.78 is 23.8. The van der Waals surface area contributed by atoms with Gasteiger partial charge in [-0.15, -0.1) is 0 Å². The van der Waals surface area contributed by atoms with Crippen molar-refractivity contribution in [1.82, 2.24) is 0 Å². The Morgan fingerprint density at radius 3 is 1.94 bits per heavy atom. The number of aryl methyl sites for hydroxylation is 3. The average Bonchev–Trinajstić information content (AvgIpc) is 2.13. The van der Waals surface area contributed by atoms with Crippen LogP contribution in [0.2, 0.25) is 0 Å². The van der Waals surface area contributed by atoms with Gasteiger partial charge in [0.15, 0.2) is 9.84 Å². The van der Waals surface area contributed by atoms with Gasteiger partial charge in [-0.1, -0.05) is 17.7 Å². The first-order valence-electron chi connectivity index (χ1n) is 6.20. The van der Waals surface area contributed by atoms with Crippen LogP contribution in [0.25, 0.3) is 0 Å². The average molecular weight is 269 g/mol. The van der Waals surface area contributed by atoms with Crippen molar-refractivity contribution < 1.29 is 8.42 Å². The van der Waals surface area contributed by atoms with Gasteiger partial charge in [-0.05, 0) is 51.3 Å². The van der Waals surface area contributed by atoms with E-state index in [2.05, 4.69) is 0 Å². The zero-order chi connectivity index (χ0) is 14.1. The molecule has 1 aromatic rings. The SMILES string of the molecule is Cc1cc(C)c(C(N)CS(=O)(=O)C(C)C)c(C)c1. The highest BCUT2D eigenvalue weighted by Crippen LogP contribution is 2.24. The predicted molar refractivity (Wildman–Crippen MR) is 76.5 cm³/mol. The maximum Gasteiger partial charge on any atom is 0.154 e. The molecule has 1 aromatic carbocycles. The highest BCUT2D eigenvalue weighted by atomic mass is 32.2. The molecule has 1 rings (SSSR count). The summed E-state index contributed by atoms with van der Waals surface area (Å²) in [7, 11) is -3.11. The first-order valence-corrected chi connectivity index (χ1v) is 7.91. The van der Waals surface area contributed by atoms with Crippen LogP contribution in [0.4, 0.5) is 0 Å². The lowest BCUT2D eigenvalue weighted by Gasteiger charge is -2.19. The van der Waals surface area contributed by atoms with Gasteiger partial charge in [-0.2, -0.15) is 0 Å². The van der Waals surface area contributed by atoms with E-state index in [-0.39, 0.29) is 11.0 Å². The smallest absolute Gasteiger partial charge is 0.154 e. The second kappa shape index (κ2) is 5.41. The molecule has 18 heavy (non-hydrogen) atoms. The number of benzene rings is 1. The molecule has 0 heterocycles. The van der Waals surface area contributed by atoms with Crippen molar-refractivity contribution in [2.24, 2.45) is 5.73 Å². The van der Waals surface area contributed by atoms with E-state index in [1.54, 1.807) is 13.8 Å². The summed E-state index contributed by atoms with van der Waals surface area (Å²) in [6.45, 7) is 9.38. The van der Waals surface area contributed by atoms with Gasteiger partial charge >= 0.3 is 0 Å². The van der Waals surface area contributed by atoms with Gasteiger partial charge in [0.05, 0.1) is 11.0 Å². The lowest BCUT2D eigenvalue weighted by atomic mass is 9.95. The Bertz CT molecular complexity index is 510. The molecule has 4 heteroatoms. The van der Waals surface area contributed by atoms with Crippen molar-refractivity contribution in [3.8, 4) is 0 Å². The molecule has 3 nitrogen and oxygen atoms in total. The molecular weight excluding hydrogens is 246 g/mol. The highest BCUT2D eigenvalue weighted by molar-refractivity contribution is 7.92. The van der Waals surface area contributed by atoms with E-state index in [1.165, 1.54) is 5.56 Å². The normalized spacial score (nSPS) is 13.9. The summed E-state index contributed by atoms with van der Waals surface area (Å²) in [4.78, 5) is 0. The standard InChI is InChI=1S/C14H23NO2S/c1-9(2)18(16,17)8-13(15)14-11(4)6-10(3)7-12(14)5/h6-7,9,13H,8,15H2,1-5H3. The molecular formula is C14H23NO2S. The van der Waals surface area contributed by atoms with Gasteiger partial charge in [0, 0.05) is 6.04 Å². The maximum absolute atomic E-state index is 11.9. The second-order valence-electron chi connectivity index (χ2n) is 5.30. The van der Waals surface area contributed by atoms with Gasteiger partial charge < -0.3 is 5.73 Å². The van der Waals surface area contributed by atoms with Crippen molar-refractivity contribution in [3.63, 3.8) is 0 Å². The second-order valence-corrected chi connectivity index (χ2v) is 7.90. The van der Waals surface area contributed by atoms with Gasteiger partial charge in [-0.3, -0.25) is 0 Å². The summed E-state index contributed by atoms with van der Waals surface area (Å²) in [6.07, 6.45) is 0. The van der Waals surface area contributed by atoms with Crippen molar-refractivity contribution in [1.29, 1.82) is 0 Å². The number of sulfone groups is 1. The zero-order valence-electron chi connectivity index (χ0n) is 11.8. The van der Waals surface area contributed by atoms with Crippen LogP contribution in [0.15, 0.2) is 12.1 Å². The molecule has 102 valence electrons. The number of hydrogen-bond acceptors (Lipinski definition) is 3. The van der Waals surface area contributed by atoms with Crippen LogP contribution in [0, 0.1) is 20.8 Å². The molecule has 0 aliphatic heterocycles. The minimum absolute atomic E-state index is 0.00933. The molecule has 0 bridgehead atoms. The summed E-state index contributed by atoms with van der Waals surface area (Å²) in [5.74, 6) is 0.00933. The van der Waals surface area contributed by atoms with Gasteiger partial charge in [0.25, 0.3) is 0 Å². The molecule has 0 radical (unpaired) electrons. The molecule has 1 unspecified atom stereocenters. The summed E-state index contributed by atoms with van der Waals surface area (Å²) in [6, 6.07) is 3.65. The molecule has 0 saturated carbocycles. The number of rotatable bonds is 4. The van der Waals surface area contributed by atoms with E-state index in [0.717, 1.165) is 16.7 Å². The molecule has 1 atom stereocenters. The summed E-state index contributed by atoms with van der Waals surface area (Å²) in [5.41, 5.74) is 10.4. The molecule has 0 aromatic heterocycles. The number of nitrogens with two attached hydrogens (primary N) is 1. The first-order chi connectivity index (χ1) is 8.15. The third-order valence-electron chi connectivity index (χ3n) is 3.24. The fraction of sp³-hybridized carbons (Fsp3) is 0.571. The van der Waals surface area contributed by atoms with Crippen molar-refractivity contribution in [2.45, 2.75) is 45.9 Å². The minimum atomic E-state index is -3.11. The number of hydrogen-bond donors (Lipinski definition) is 1. The van der Waals surface area contributed by atoms with Crippen molar-refractivity contribution >= 4 is 9.84 Å². The first kappa shape index (κ1) is 15.2. The topological polar surface area (TPSA) is 60.2 Å². The molecule has 0 amide bonds. The molecule has 0 aliphatic rings. The fourth-order valence-electron chi connectivity index (χ4n) is 2.30. The molecule has 0 saturated heterocycles. The van der Waals surface area contributed by atoms with Crippen LogP contribution < -0.4 is 5.73 Å². The van der Waals surface area contributed by atoms with Crippen LogP contribution >= 0.6 is 0 Å². The lowest BCUT2D eigenvalue weighted by Crippen LogP contribution is -2.28. The fourth-order valence-corrected chi connectivity index (χ4v) is 3.35. The molecule has 0 spiro atoms. The Kier molecular flexibility index (Phi) is 4.56. The van der Waals surface area contributed by atoms with Crippen LogP contribution in [-0.2, 0) is 9.84 Å². The summed E-state index contributed by atoms with van der Waals surface area (Å²) >= 11 is 0. The van der Waals surface area contributed by atoms with Gasteiger partial charge in [0.1, 0.15) is 0 Å². The summed E-state index contributed by atoms with van der Waals surface area (Å²) in [5, 5.41) is -0.380. The van der Waals surface area contributed by atoms with E-state index >= 15 is 0 Å². The van der Waals surface area contributed by atoms with Gasteiger partial charge in [-0.25, -0.2) is 8.42 Å². The molecule has 2 N–H and O–H groups in total. The lowest BCUT2D eigenvalue weighted by molar-refractivity contribution is 0.580. The van der Waals surface area contributed by atoms with Crippen molar-refractivity contribution in [3.05, 3.63) is 34.4 Å². The van der Waals surface area contributed by atoms with E-state index < -0.39 is 15.9 Å². The largest absolute Gasteiger partial charge is 0.323 e.